The molecule has 0 saturated carbocycles. The van der Waals surface area contributed by atoms with E-state index in [4.69, 9.17) is 4.74 Å². The molecule has 0 unspecified atom stereocenters. The van der Waals surface area contributed by atoms with E-state index in [-0.39, 0.29) is 5.91 Å². The summed E-state index contributed by atoms with van der Waals surface area (Å²) in [6, 6.07) is 13.9. The van der Waals surface area contributed by atoms with Gasteiger partial charge >= 0.3 is 0 Å². The molecule has 1 heterocycles. The second kappa shape index (κ2) is 7.75. The Labute approximate surface area is 158 Å². The molecule has 0 aliphatic carbocycles. The Hall–Kier alpha value is -2.59. The maximum absolute atomic E-state index is 12.5. The number of ether oxygens (including phenoxy) is 1. The molecule has 26 heavy (non-hydrogen) atoms. The molecule has 1 amide bonds. The average molecular weight is 365 g/mol. The van der Waals surface area contributed by atoms with Gasteiger partial charge in [-0.1, -0.05) is 24.3 Å². The number of anilines is 1. The number of carbonyl (C=O) groups excluding carboxylic acids is 1. The second-order valence-corrected chi connectivity index (χ2v) is 7.42. The van der Waals surface area contributed by atoms with Crippen LogP contribution in [0.25, 0.3) is 0 Å². The van der Waals surface area contributed by atoms with Crippen molar-refractivity contribution < 1.29 is 9.53 Å². The van der Waals surface area contributed by atoms with Crippen molar-refractivity contribution in [3.05, 3.63) is 80.5 Å². The highest BCUT2D eigenvalue weighted by Gasteiger charge is 2.12. The summed E-state index contributed by atoms with van der Waals surface area (Å²) in [5.41, 5.74) is 6.48. The smallest absolute Gasteiger partial charge is 0.265 e. The maximum atomic E-state index is 12.5. The maximum Gasteiger partial charge on any atom is 0.265 e. The van der Waals surface area contributed by atoms with E-state index in [0.29, 0.717) is 11.5 Å². The Bertz CT molecular complexity index is 943. The van der Waals surface area contributed by atoms with Crippen molar-refractivity contribution in [2.24, 2.45) is 0 Å². The van der Waals surface area contributed by atoms with E-state index >= 15 is 0 Å². The van der Waals surface area contributed by atoms with Crippen LogP contribution in [0.2, 0.25) is 0 Å². The Morgan fingerprint density at radius 1 is 1.00 bits per heavy atom. The number of nitrogens with one attached hydrogen (secondary N) is 1. The normalized spacial score (nSPS) is 10.6. The standard InChI is InChI=1S/C22H23NO2S/c1-14-7-5-9-19(16(14)3)23-22(24)21-11-18(13-26-21)12-25-20-10-6-8-15(2)17(20)4/h5-11,13H,12H2,1-4H3,(H,23,24). The predicted octanol–water partition coefficient (Wildman–Crippen LogP) is 5.81. The molecular formula is C22H23NO2S. The molecule has 0 radical (unpaired) electrons. The first-order chi connectivity index (χ1) is 12.5. The summed E-state index contributed by atoms with van der Waals surface area (Å²) in [7, 11) is 0. The van der Waals surface area contributed by atoms with Crippen LogP contribution in [0.15, 0.2) is 47.8 Å². The van der Waals surface area contributed by atoms with Crippen LogP contribution in [0.1, 0.15) is 37.5 Å². The molecule has 2 aromatic carbocycles. The van der Waals surface area contributed by atoms with Gasteiger partial charge in [0.2, 0.25) is 0 Å². The highest BCUT2D eigenvalue weighted by molar-refractivity contribution is 7.12. The molecule has 3 rings (SSSR count). The summed E-state index contributed by atoms with van der Waals surface area (Å²) < 4.78 is 5.92. The summed E-state index contributed by atoms with van der Waals surface area (Å²) in [6.07, 6.45) is 0. The van der Waals surface area contributed by atoms with Crippen LogP contribution in [0.3, 0.4) is 0 Å². The number of rotatable bonds is 5. The fourth-order valence-corrected chi connectivity index (χ4v) is 3.47. The molecule has 0 bridgehead atoms. The van der Waals surface area contributed by atoms with Crippen LogP contribution >= 0.6 is 11.3 Å². The fourth-order valence-electron chi connectivity index (χ4n) is 2.68. The van der Waals surface area contributed by atoms with Gasteiger partial charge in [-0.25, -0.2) is 0 Å². The molecule has 4 heteroatoms. The second-order valence-electron chi connectivity index (χ2n) is 6.51. The third-order valence-corrected chi connectivity index (χ3v) is 5.66. The van der Waals surface area contributed by atoms with Gasteiger partial charge in [-0.15, -0.1) is 11.3 Å². The van der Waals surface area contributed by atoms with Gasteiger partial charge in [-0.3, -0.25) is 4.79 Å². The third kappa shape index (κ3) is 3.97. The van der Waals surface area contributed by atoms with Crippen molar-refractivity contribution in [2.45, 2.75) is 34.3 Å². The van der Waals surface area contributed by atoms with Gasteiger partial charge in [0.05, 0.1) is 4.88 Å². The molecule has 0 fully saturated rings. The quantitative estimate of drug-likeness (QED) is 0.619. The molecule has 1 N–H and O–H groups in total. The number of aryl methyl sites for hydroxylation is 2. The zero-order valence-corrected chi connectivity index (χ0v) is 16.4. The minimum absolute atomic E-state index is 0.0818. The minimum Gasteiger partial charge on any atom is -0.489 e. The first-order valence-electron chi connectivity index (χ1n) is 8.59. The van der Waals surface area contributed by atoms with Crippen molar-refractivity contribution in [2.75, 3.05) is 5.32 Å². The monoisotopic (exact) mass is 365 g/mol. The molecule has 0 atom stereocenters. The number of amides is 1. The molecule has 0 aliphatic rings. The average Bonchev–Trinajstić information content (AvgIpc) is 3.09. The first-order valence-corrected chi connectivity index (χ1v) is 9.47. The number of hydrogen-bond donors (Lipinski definition) is 1. The van der Waals surface area contributed by atoms with Crippen LogP contribution in [-0.4, -0.2) is 5.91 Å². The zero-order valence-electron chi connectivity index (χ0n) is 15.6. The van der Waals surface area contributed by atoms with Crippen LogP contribution in [-0.2, 0) is 6.61 Å². The van der Waals surface area contributed by atoms with E-state index in [1.807, 2.05) is 55.6 Å². The molecular weight excluding hydrogens is 342 g/mol. The molecule has 1 aromatic heterocycles. The summed E-state index contributed by atoms with van der Waals surface area (Å²) in [5, 5.41) is 4.98. The van der Waals surface area contributed by atoms with Crippen molar-refractivity contribution in [1.82, 2.24) is 0 Å². The van der Waals surface area contributed by atoms with Crippen LogP contribution < -0.4 is 10.1 Å². The van der Waals surface area contributed by atoms with E-state index in [1.54, 1.807) is 0 Å². The van der Waals surface area contributed by atoms with Gasteiger partial charge < -0.3 is 10.1 Å². The SMILES string of the molecule is Cc1cccc(NC(=O)c2cc(COc3cccc(C)c3C)cs2)c1C. The van der Waals surface area contributed by atoms with Crippen LogP contribution in [0.5, 0.6) is 5.75 Å². The molecule has 3 nitrogen and oxygen atoms in total. The van der Waals surface area contributed by atoms with Crippen LogP contribution in [0.4, 0.5) is 5.69 Å². The molecule has 0 aliphatic heterocycles. The number of benzene rings is 2. The van der Waals surface area contributed by atoms with Crippen molar-refractivity contribution in [3.8, 4) is 5.75 Å². The lowest BCUT2D eigenvalue weighted by molar-refractivity contribution is 0.103. The minimum atomic E-state index is -0.0818. The van der Waals surface area contributed by atoms with E-state index in [0.717, 1.165) is 33.7 Å². The lowest BCUT2D eigenvalue weighted by Crippen LogP contribution is -2.11. The van der Waals surface area contributed by atoms with E-state index in [2.05, 4.69) is 25.2 Å². The van der Waals surface area contributed by atoms with Gasteiger partial charge in [0.25, 0.3) is 5.91 Å². The van der Waals surface area contributed by atoms with Crippen molar-refractivity contribution >= 4 is 22.9 Å². The zero-order chi connectivity index (χ0) is 18.7. The Kier molecular flexibility index (Phi) is 5.43. The summed E-state index contributed by atoms with van der Waals surface area (Å²) in [6.45, 7) is 8.64. The molecule has 134 valence electrons. The Morgan fingerprint density at radius 2 is 1.69 bits per heavy atom. The van der Waals surface area contributed by atoms with E-state index in [1.165, 1.54) is 16.9 Å². The van der Waals surface area contributed by atoms with Crippen molar-refractivity contribution in [3.63, 3.8) is 0 Å². The fraction of sp³-hybridized carbons (Fsp3) is 0.227. The third-order valence-electron chi connectivity index (χ3n) is 4.68. The van der Waals surface area contributed by atoms with Crippen molar-refractivity contribution in [1.29, 1.82) is 0 Å². The number of carbonyl (C=O) groups is 1. The first kappa shape index (κ1) is 18.2. The topological polar surface area (TPSA) is 38.3 Å². The van der Waals surface area contributed by atoms with E-state index < -0.39 is 0 Å². The van der Waals surface area contributed by atoms with Crippen LogP contribution in [0, 0.1) is 27.7 Å². The van der Waals surface area contributed by atoms with Gasteiger partial charge in [0.1, 0.15) is 12.4 Å². The van der Waals surface area contributed by atoms with E-state index in [9.17, 15) is 4.79 Å². The molecule has 0 spiro atoms. The lowest BCUT2D eigenvalue weighted by Gasteiger charge is -2.10. The largest absolute Gasteiger partial charge is 0.489 e. The van der Waals surface area contributed by atoms with Gasteiger partial charge in [0, 0.05) is 11.3 Å². The Morgan fingerprint density at radius 3 is 2.46 bits per heavy atom. The molecule has 3 aromatic rings. The highest BCUT2D eigenvalue weighted by atomic mass is 32.1. The Balaban J connectivity index is 1.66. The predicted molar refractivity (Wildman–Crippen MR) is 108 cm³/mol. The summed E-state index contributed by atoms with van der Waals surface area (Å²) in [5.74, 6) is 0.805. The van der Waals surface area contributed by atoms with Gasteiger partial charge in [-0.05, 0) is 73.5 Å². The lowest BCUT2D eigenvalue weighted by atomic mass is 10.1. The summed E-state index contributed by atoms with van der Waals surface area (Å²) in [4.78, 5) is 13.2. The molecule has 0 saturated heterocycles. The number of thiophene rings is 1. The summed E-state index contributed by atoms with van der Waals surface area (Å²) >= 11 is 1.44. The van der Waals surface area contributed by atoms with Gasteiger partial charge in [0.15, 0.2) is 0 Å². The highest BCUT2D eigenvalue weighted by Crippen LogP contribution is 2.24. The number of hydrogen-bond acceptors (Lipinski definition) is 3. The van der Waals surface area contributed by atoms with Gasteiger partial charge in [-0.2, -0.15) is 0 Å².